The summed E-state index contributed by atoms with van der Waals surface area (Å²) in [5.41, 5.74) is 3.44. The molecule has 0 aliphatic carbocycles. The zero-order valence-electron chi connectivity index (χ0n) is 18.7. The molecule has 33 heavy (non-hydrogen) atoms. The van der Waals surface area contributed by atoms with Gasteiger partial charge in [0, 0.05) is 11.4 Å². The van der Waals surface area contributed by atoms with Gasteiger partial charge >= 0.3 is 12.1 Å². The summed E-state index contributed by atoms with van der Waals surface area (Å²) in [6.07, 6.45) is 0. The Bertz CT molecular complexity index is 1150. The Morgan fingerprint density at radius 2 is 1.24 bits per heavy atom. The van der Waals surface area contributed by atoms with Crippen molar-refractivity contribution in [2.75, 3.05) is 10.6 Å². The number of carbonyl (C=O) groups is 2. The quantitative estimate of drug-likeness (QED) is 0.311. The monoisotopic (exact) mass is 448 g/mol. The number of phenolic OH excluding ortho intramolecular Hbond substituents is 2. The maximum Gasteiger partial charge on any atom is 0.319 e. The van der Waals surface area contributed by atoms with Crippen molar-refractivity contribution in [2.24, 2.45) is 0 Å². The standard InChI is InChI=1S/C25H28N4O4/c1-15-10-11-20(28-24(32)26-16(2)18-6-4-8-21(30)12-18)14-23(15)29-25(33)27-17(3)19-7-5-9-22(31)13-19/h4-14,16-17,30-31H,1-3H3,(H2,26,28,32)(H2,27,29,33)/t16-,17+/m1/s1. The number of aryl methyl sites for hydroxylation is 1. The summed E-state index contributed by atoms with van der Waals surface area (Å²) < 4.78 is 0. The number of aromatic hydroxyl groups is 2. The van der Waals surface area contributed by atoms with Crippen molar-refractivity contribution >= 4 is 23.4 Å². The molecule has 0 heterocycles. The summed E-state index contributed by atoms with van der Waals surface area (Å²) in [5, 5.41) is 30.4. The van der Waals surface area contributed by atoms with Gasteiger partial charge in [0.2, 0.25) is 0 Å². The molecule has 3 rings (SSSR count). The van der Waals surface area contributed by atoms with Gasteiger partial charge in [0.15, 0.2) is 0 Å². The molecule has 8 nitrogen and oxygen atoms in total. The number of rotatable bonds is 6. The molecule has 3 aromatic rings. The molecule has 0 bridgehead atoms. The number of hydrogen-bond donors (Lipinski definition) is 6. The predicted molar refractivity (Wildman–Crippen MR) is 129 cm³/mol. The minimum absolute atomic E-state index is 0.132. The number of nitrogens with one attached hydrogen (secondary N) is 4. The Balaban J connectivity index is 1.60. The predicted octanol–water partition coefficient (Wildman–Crippen LogP) is 5.17. The smallest absolute Gasteiger partial charge is 0.319 e. The van der Waals surface area contributed by atoms with Crippen LogP contribution in [0.1, 0.15) is 42.6 Å². The number of phenols is 2. The first-order valence-electron chi connectivity index (χ1n) is 10.5. The van der Waals surface area contributed by atoms with E-state index in [0.717, 1.165) is 16.7 Å². The van der Waals surface area contributed by atoms with E-state index in [0.29, 0.717) is 11.4 Å². The molecule has 0 saturated heterocycles. The fourth-order valence-corrected chi connectivity index (χ4v) is 3.31. The van der Waals surface area contributed by atoms with Crippen molar-refractivity contribution in [2.45, 2.75) is 32.9 Å². The van der Waals surface area contributed by atoms with Gasteiger partial charge < -0.3 is 31.5 Å². The third kappa shape index (κ3) is 6.64. The van der Waals surface area contributed by atoms with Crippen LogP contribution in [-0.4, -0.2) is 22.3 Å². The second-order valence-electron chi connectivity index (χ2n) is 7.86. The summed E-state index contributed by atoms with van der Waals surface area (Å²) in [5.74, 6) is 0.264. The molecule has 0 unspecified atom stereocenters. The second kappa shape index (κ2) is 10.4. The minimum atomic E-state index is -0.414. The van der Waals surface area contributed by atoms with Gasteiger partial charge in [0.25, 0.3) is 0 Å². The molecule has 0 spiro atoms. The Kier molecular flexibility index (Phi) is 7.40. The molecule has 3 aromatic carbocycles. The van der Waals surface area contributed by atoms with Gasteiger partial charge in [-0.3, -0.25) is 0 Å². The highest BCUT2D eigenvalue weighted by molar-refractivity contribution is 5.93. The summed E-state index contributed by atoms with van der Waals surface area (Å²) in [6, 6.07) is 17.1. The van der Waals surface area contributed by atoms with Crippen LogP contribution in [0, 0.1) is 6.92 Å². The van der Waals surface area contributed by atoms with Crippen molar-refractivity contribution < 1.29 is 19.8 Å². The lowest BCUT2D eigenvalue weighted by atomic mass is 10.1. The van der Waals surface area contributed by atoms with Crippen molar-refractivity contribution in [3.05, 3.63) is 83.4 Å². The van der Waals surface area contributed by atoms with Gasteiger partial charge in [0.05, 0.1) is 12.1 Å². The zero-order chi connectivity index (χ0) is 24.0. The van der Waals surface area contributed by atoms with Crippen LogP contribution in [-0.2, 0) is 0 Å². The van der Waals surface area contributed by atoms with Crippen molar-refractivity contribution in [3.63, 3.8) is 0 Å². The molecule has 0 fully saturated rings. The van der Waals surface area contributed by atoms with Crippen LogP contribution in [0.5, 0.6) is 11.5 Å². The fourth-order valence-electron chi connectivity index (χ4n) is 3.31. The van der Waals surface area contributed by atoms with Crippen LogP contribution in [0.25, 0.3) is 0 Å². The van der Waals surface area contributed by atoms with E-state index in [9.17, 15) is 19.8 Å². The first-order valence-corrected chi connectivity index (χ1v) is 10.5. The van der Waals surface area contributed by atoms with Crippen molar-refractivity contribution in [3.8, 4) is 11.5 Å². The van der Waals surface area contributed by atoms with Gasteiger partial charge in [-0.2, -0.15) is 0 Å². The average molecular weight is 449 g/mol. The second-order valence-corrected chi connectivity index (χ2v) is 7.86. The van der Waals surface area contributed by atoms with Crippen LogP contribution < -0.4 is 21.3 Å². The fraction of sp³-hybridized carbons (Fsp3) is 0.200. The molecular formula is C25H28N4O4. The van der Waals surface area contributed by atoms with Crippen LogP contribution in [0.3, 0.4) is 0 Å². The van der Waals surface area contributed by atoms with E-state index in [4.69, 9.17) is 0 Å². The number of carbonyl (C=O) groups excluding carboxylic acids is 2. The average Bonchev–Trinajstić information content (AvgIpc) is 2.76. The highest BCUT2D eigenvalue weighted by atomic mass is 16.3. The van der Waals surface area contributed by atoms with Crippen LogP contribution in [0.15, 0.2) is 66.7 Å². The first-order chi connectivity index (χ1) is 15.7. The maximum atomic E-state index is 12.5. The van der Waals surface area contributed by atoms with E-state index in [1.807, 2.05) is 32.9 Å². The van der Waals surface area contributed by atoms with Gasteiger partial charge in [-0.25, -0.2) is 9.59 Å². The number of anilines is 2. The van der Waals surface area contributed by atoms with Gasteiger partial charge in [-0.15, -0.1) is 0 Å². The lowest BCUT2D eigenvalue weighted by Gasteiger charge is -2.18. The molecule has 0 saturated carbocycles. The molecule has 2 atom stereocenters. The number of benzene rings is 3. The Labute approximate surface area is 192 Å². The van der Waals surface area contributed by atoms with E-state index in [-0.39, 0.29) is 23.6 Å². The Hall–Kier alpha value is -4.20. The summed E-state index contributed by atoms with van der Waals surface area (Å²) in [6.45, 7) is 5.48. The molecule has 0 aromatic heterocycles. The SMILES string of the molecule is Cc1ccc(NC(=O)N[C@H](C)c2cccc(O)c2)cc1NC(=O)N[C@@H](C)c1cccc(O)c1. The highest BCUT2D eigenvalue weighted by Gasteiger charge is 2.13. The lowest BCUT2D eigenvalue weighted by molar-refractivity contribution is 0.248. The van der Waals surface area contributed by atoms with Crippen LogP contribution in [0.4, 0.5) is 21.0 Å². The summed E-state index contributed by atoms with van der Waals surface area (Å²) in [7, 11) is 0. The van der Waals surface area contributed by atoms with Crippen molar-refractivity contribution in [1.29, 1.82) is 0 Å². The van der Waals surface area contributed by atoms with E-state index in [1.165, 1.54) is 0 Å². The molecular weight excluding hydrogens is 420 g/mol. The minimum Gasteiger partial charge on any atom is -0.508 e. The number of hydrogen-bond acceptors (Lipinski definition) is 4. The third-order valence-electron chi connectivity index (χ3n) is 5.18. The van der Waals surface area contributed by atoms with Crippen molar-refractivity contribution in [1.82, 2.24) is 10.6 Å². The molecule has 172 valence electrons. The lowest BCUT2D eigenvalue weighted by Crippen LogP contribution is -2.32. The summed E-state index contributed by atoms with van der Waals surface area (Å²) in [4.78, 5) is 24.9. The van der Waals surface area contributed by atoms with Gasteiger partial charge in [-0.05, 0) is 73.9 Å². The topological polar surface area (TPSA) is 123 Å². The van der Waals surface area contributed by atoms with E-state index >= 15 is 0 Å². The van der Waals surface area contributed by atoms with Gasteiger partial charge in [-0.1, -0.05) is 30.3 Å². The number of amides is 4. The van der Waals surface area contributed by atoms with Crippen LogP contribution >= 0.6 is 0 Å². The summed E-state index contributed by atoms with van der Waals surface area (Å²) >= 11 is 0. The number of urea groups is 2. The Morgan fingerprint density at radius 1 is 0.727 bits per heavy atom. The molecule has 6 N–H and O–H groups in total. The van der Waals surface area contributed by atoms with E-state index in [2.05, 4.69) is 21.3 Å². The third-order valence-corrected chi connectivity index (χ3v) is 5.18. The zero-order valence-corrected chi connectivity index (χ0v) is 18.7. The van der Waals surface area contributed by atoms with Crippen LogP contribution in [0.2, 0.25) is 0 Å². The molecule has 0 aliphatic heterocycles. The normalized spacial score (nSPS) is 12.3. The molecule has 0 radical (unpaired) electrons. The maximum absolute atomic E-state index is 12.5. The first kappa shape index (κ1) is 23.5. The molecule has 4 amide bonds. The largest absolute Gasteiger partial charge is 0.508 e. The Morgan fingerprint density at radius 3 is 1.76 bits per heavy atom. The molecule has 8 heteroatoms. The van der Waals surface area contributed by atoms with Gasteiger partial charge in [0.1, 0.15) is 11.5 Å². The van der Waals surface area contributed by atoms with E-state index in [1.54, 1.807) is 54.6 Å². The van der Waals surface area contributed by atoms with E-state index < -0.39 is 12.1 Å². The molecule has 0 aliphatic rings. The highest BCUT2D eigenvalue weighted by Crippen LogP contribution is 2.22.